The Balaban J connectivity index is 1.90. The third-order valence-electron chi connectivity index (χ3n) is 3.94. The molecule has 2 fully saturated rings. The fourth-order valence-corrected chi connectivity index (χ4v) is 3.94. The van der Waals surface area contributed by atoms with Crippen LogP contribution in [0.2, 0.25) is 0 Å². The molecule has 0 aromatic rings. The zero-order valence-corrected chi connectivity index (χ0v) is 13.0. The zero-order chi connectivity index (χ0) is 15.5. The summed E-state index contributed by atoms with van der Waals surface area (Å²) < 4.78 is 26.0. The first-order chi connectivity index (χ1) is 9.92. The second kappa shape index (κ2) is 6.71. The Labute approximate surface area is 124 Å². The van der Waals surface area contributed by atoms with Crippen LogP contribution >= 0.6 is 0 Å². The molecule has 9 heteroatoms. The molecule has 120 valence electrons. The van der Waals surface area contributed by atoms with Gasteiger partial charge in [0.1, 0.15) is 0 Å². The van der Waals surface area contributed by atoms with Crippen molar-refractivity contribution in [2.45, 2.75) is 18.1 Å². The summed E-state index contributed by atoms with van der Waals surface area (Å²) in [6, 6.07) is 0. The smallest absolute Gasteiger partial charge is 0.239 e. The minimum absolute atomic E-state index is 0.0882. The number of likely N-dealkylation sites (tertiary alicyclic amines) is 1. The van der Waals surface area contributed by atoms with E-state index in [1.165, 1.54) is 11.9 Å². The molecule has 2 N–H and O–H groups in total. The van der Waals surface area contributed by atoms with Crippen LogP contribution in [0.3, 0.4) is 0 Å². The third kappa shape index (κ3) is 4.14. The van der Waals surface area contributed by atoms with Gasteiger partial charge in [0.15, 0.2) is 0 Å². The van der Waals surface area contributed by atoms with Gasteiger partial charge in [-0.05, 0) is 26.4 Å². The highest BCUT2D eigenvalue weighted by atomic mass is 32.2. The van der Waals surface area contributed by atoms with Gasteiger partial charge in [-0.15, -0.1) is 0 Å². The highest BCUT2D eigenvalue weighted by Crippen LogP contribution is 2.16. The maximum atomic E-state index is 12.2. The van der Waals surface area contributed by atoms with Crippen LogP contribution in [0.15, 0.2) is 0 Å². The summed E-state index contributed by atoms with van der Waals surface area (Å²) in [7, 11) is -1.90. The number of amides is 2. The molecule has 1 atom stereocenters. The minimum atomic E-state index is -3.30. The lowest BCUT2D eigenvalue weighted by Gasteiger charge is -2.34. The van der Waals surface area contributed by atoms with E-state index in [4.69, 9.17) is 0 Å². The summed E-state index contributed by atoms with van der Waals surface area (Å²) >= 11 is 0. The Hall–Kier alpha value is -1.19. The lowest BCUT2D eigenvalue weighted by Crippen LogP contribution is -2.54. The molecular weight excluding hydrogens is 296 g/mol. The maximum Gasteiger partial charge on any atom is 0.239 e. The molecule has 0 aromatic carbocycles. The van der Waals surface area contributed by atoms with Gasteiger partial charge in [-0.2, -0.15) is 0 Å². The first kappa shape index (κ1) is 16.2. The molecule has 2 rings (SSSR count). The molecule has 2 aliphatic rings. The van der Waals surface area contributed by atoms with Crippen molar-refractivity contribution in [2.75, 3.05) is 46.3 Å². The standard InChI is InChI=1S/C12H22N4O4S/c1-13-21(19,20)10-3-2-5-15(7-10)9-12(18)16-6-4-14-11(17)8-16/h10,13H,2-9H2,1H3,(H,14,17). The Morgan fingerprint density at radius 3 is 2.86 bits per heavy atom. The van der Waals surface area contributed by atoms with E-state index in [-0.39, 0.29) is 24.9 Å². The first-order valence-electron chi connectivity index (χ1n) is 7.11. The number of sulfonamides is 1. The van der Waals surface area contributed by atoms with Crippen molar-refractivity contribution in [1.29, 1.82) is 0 Å². The van der Waals surface area contributed by atoms with E-state index in [0.29, 0.717) is 32.6 Å². The van der Waals surface area contributed by atoms with Gasteiger partial charge in [-0.1, -0.05) is 0 Å². The Morgan fingerprint density at radius 1 is 1.43 bits per heavy atom. The van der Waals surface area contributed by atoms with E-state index in [2.05, 4.69) is 10.0 Å². The van der Waals surface area contributed by atoms with E-state index in [0.717, 1.165) is 6.42 Å². The second-order valence-electron chi connectivity index (χ2n) is 5.41. The Kier molecular flexibility index (Phi) is 5.17. The number of rotatable bonds is 4. The summed E-state index contributed by atoms with van der Waals surface area (Å²) in [6.45, 7) is 2.31. The summed E-state index contributed by atoms with van der Waals surface area (Å²) in [4.78, 5) is 26.8. The Morgan fingerprint density at radius 2 is 2.19 bits per heavy atom. The van der Waals surface area contributed by atoms with Crippen LogP contribution in [-0.2, 0) is 19.6 Å². The monoisotopic (exact) mass is 318 g/mol. The fraction of sp³-hybridized carbons (Fsp3) is 0.833. The van der Waals surface area contributed by atoms with Gasteiger partial charge < -0.3 is 10.2 Å². The molecule has 2 aliphatic heterocycles. The molecule has 0 spiro atoms. The summed E-state index contributed by atoms with van der Waals surface area (Å²) in [5.41, 5.74) is 0. The number of hydrogen-bond acceptors (Lipinski definition) is 5. The van der Waals surface area contributed by atoms with Crippen LogP contribution in [0.1, 0.15) is 12.8 Å². The number of carbonyl (C=O) groups excluding carboxylic acids is 2. The predicted molar refractivity (Wildman–Crippen MR) is 77.0 cm³/mol. The molecule has 8 nitrogen and oxygen atoms in total. The van der Waals surface area contributed by atoms with Gasteiger partial charge in [-0.3, -0.25) is 14.5 Å². The van der Waals surface area contributed by atoms with Crippen molar-refractivity contribution in [1.82, 2.24) is 19.8 Å². The average Bonchev–Trinajstić information content (AvgIpc) is 2.47. The van der Waals surface area contributed by atoms with Crippen LogP contribution in [0.4, 0.5) is 0 Å². The van der Waals surface area contributed by atoms with Crippen LogP contribution in [0.5, 0.6) is 0 Å². The largest absolute Gasteiger partial charge is 0.353 e. The lowest BCUT2D eigenvalue weighted by molar-refractivity contribution is -0.139. The van der Waals surface area contributed by atoms with Crippen LogP contribution in [-0.4, -0.2) is 81.6 Å². The van der Waals surface area contributed by atoms with Gasteiger partial charge in [0.05, 0.1) is 18.3 Å². The van der Waals surface area contributed by atoms with Gasteiger partial charge in [0.2, 0.25) is 21.8 Å². The van der Waals surface area contributed by atoms with E-state index >= 15 is 0 Å². The second-order valence-corrected chi connectivity index (χ2v) is 7.58. The number of piperidine rings is 1. The van der Waals surface area contributed by atoms with Crippen molar-refractivity contribution in [3.63, 3.8) is 0 Å². The topological polar surface area (TPSA) is 98.8 Å². The normalized spacial score (nSPS) is 24.7. The number of hydrogen-bond donors (Lipinski definition) is 2. The minimum Gasteiger partial charge on any atom is -0.353 e. The Bertz CT molecular complexity index is 507. The van der Waals surface area contributed by atoms with Crippen molar-refractivity contribution in [3.8, 4) is 0 Å². The number of piperazine rings is 1. The molecule has 21 heavy (non-hydrogen) atoms. The van der Waals surface area contributed by atoms with Crippen LogP contribution in [0.25, 0.3) is 0 Å². The number of carbonyl (C=O) groups is 2. The number of nitrogens with one attached hydrogen (secondary N) is 2. The van der Waals surface area contributed by atoms with E-state index in [1.807, 2.05) is 4.90 Å². The van der Waals surface area contributed by atoms with Crippen molar-refractivity contribution < 1.29 is 18.0 Å². The molecule has 1 unspecified atom stereocenters. The van der Waals surface area contributed by atoms with Gasteiger partial charge >= 0.3 is 0 Å². The third-order valence-corrected chi connectivity index (χ3v) is 5.77. The van der Waals surface area contributed by atoms with Crippen molar-refractivity contribution in [2.24, 2.45) is 0 Å². The molecule has 0 saturated carbocycles. The average molecular weight is 318 g/mol. The molecule has 2 heterocycles. The van der Waals surface area contributed by atoms with Crippen LogP contribution < -0.4 is 10.0 Å². The zero-order valence-electron chi connectivity index (χ0n) is 12.2. The van der Waals surface area contributed by atoms with E-state index in [9.17, 15) is 18.0 Å². The van der Waals surface area contributed by atoms with Crippen molar-refractivity contribution >= 4 is 21.8 Å². The number of nitrogens with zero attached hydrogens (tertiary/aromatic N) is 2. The van der Waals surface area contributed by atoms with Gasteiger partial charge in [-0.25, -0.2) is 13.1 Å². The molecular formula is C12H22N4O4S. The lowest BCUT2D eigenvalue weighted by atomic mass is 10.1. The fourth-order valence-electron chi connectivity index (χ4n) is 2.72. The SMILES string of the molecule is CNS(=O)(=O)C1CCCN(CC(=O)N2CCNC(=O)C2)C1. The van der Waals surface area contributed by atoms with E-state index in [1.54, 1.807) is 0 Å². The molecule has 0 aliphatic carbocycles. The summed E-state index contributed by atoms with van der Waals surface area (Å²) in [5, 5.41) is 2.19. The predicted octanol–water partition coefficient (Wildman–Crippen LogP) is -2.04. The maximum absolute atomic E-state index is 12.2. The molecule has 2 amide bonds. The molecule has 2 saturated heterocycles. The molecule has 0 aromatic heterocycles. The van der Waals surface area contributed by atoms with Crippen LogP contribution in [0, 0.1) is 0 Å². The summed E-state index contributed by atoms with van der Waals surface area (Å²) in [6.07, 6.45) is 1.36. The van der Waals surface area contributed by atoms with Gasteiger partial charge in [0, 0.05) is 19.6 Å². The summed E-state index contributed by atoms with van der Waals surface area (Å²) in [5.74, 6) is -0.267. The molecule has 0 radical (unpaired) electrons. The molecule has 0 bridgehead atoms. The quantitative estimate of drug-likeness (QED) is 0.622. The first-order valence-corrected chi connectivity index (χ1v) is 8.66. The van der Waals surface area contributed by atoms with Gasteiger partial charge in [0.25, 0.3) is 0 Å². The van der Waals surface area contributed by atoms with E-state index < -0.39 is 15.3 Å². The highest BCUT2D eigenvalue weighted by Gasteiger charge is 2.31. The van der Waals surface area contributed by atoms with Crippen molar-refractivity contribution in [3.05, 3.63) is 0 Å². The highest BCUT2D eigenvalue weighted by molar-refractivity contribution is 7.90.